The van der Waals surface area contributed by atoms with E-state index in [1.807, 2.05) is 0 Å². The van der Waals surface area contributed by atoms with E-state index < -0.39 is 35.5 Å². The second-order valence-corrected chi connectivity index (χ2v) is 4.02. The van der Waals surface area contributed by atoms with Crippen molar-refractivity contribution in [2.45, 2.75) is 12.8 Å². The van der Waals surface area contributed by atoms with Gasteiger partial charge in [-0.1, -0.05) is 0 Å². The minimum atomic E-state index is -1.15. The van der Waals surface area contributed by atoms with Crippen LogP contribution >= 0.6 is 0 Å². The molecule has 3 N–H and O–H groups in total. The maximum absolute atomic E-state index is 11.1. The van der Waals surface area contributed by atoms with Crippen molar-refractivity contribution in [3.05, 3.63) is 0 Å². The molecule has 16 heavy (non-hydrogen) atoms. The molecule has 0 aliphatic heterocycles. The molecule has 0 saturated heterocycles. The average molecular weight is 227 g/mol. The summed E-state index contributed by atoms with van der Waals surface area (Å²) in [6, 6.07) is 0. The average Bonchev–Trinajstić information content (AvgIpc) is 2.26. The van der Waals surface area contributed by atoms with Crippen LogP contribution in [0.3, 0.4) is 0 Å². The first-order valence-electron chi connectivity index (χ1n) is 4.94. The van der Waals surface area contributed by atoms with Gasteiger partial charge in [-0.15, -0.1) is 0 Å². The predicted molar refractivity (Wildman–Crippen MR) is 52.2 cm³/mol. The van der Waals surface area contributed by atoms with Gasteiger partial charge in [-0.25, -0.2) is 0 Å². The molecule has 0 aromatic carbocycles. The molecule has 1 amide bonds. The Labute approximate surface area is 91.8 Å². The molecule has 0 bridgehead atoms. The number of hydrogen-bond acceptors (Lipinski definition) is 4. The van der Waals surface area contributed by atoms with Gasteiger partial charge in [-0.2, -0.15) is 0 Å². The highest BCUT2D eigenvalue weighted by molar-refractivity contribution is 5.85. The lowest BCUT2D eigenvalue weighted by atomic mass is 9.69. The molecule has 0 spiro atoms. The van der Waals surface area contributed by atoms with Crippen LogP contribution in [0.4, 0.5) is 0 Å². The summed E-state index contributed by atoms with van der Waals surface area (Å²) in [5.41, 5.74) is 5.09. The monoisotopic (exact) mass is 227 g/mol. The number of carbonyl (C=O) groups is 4. The van der Waals surface area contributed by atoms with Crippen molar-refractivity contribution < 1.29 is 24.3 Å². The van der Waals surface area contributed by atoms with Gasteiger partial charge in [0, 0.05) is 11.8 Å². The first-order chi connectivity index (χ1) is 7.51. The fourth-order valence-electron chi connectivity index (χ4n) is 2.16. The number of rotatable bonds is 4. The van der Waals surface area contributed by atoms with Crippen molar-refractivity contribution in [1.29, 1.82) is 0 Å². The highest BCUT2D eigenvalue weighted by Gasteiger charge is 2.43. The molecule has 1 aliphatic rings. The molecule has 0 aromatic rings. The molecule has 1 aliphatic carbocycles. The largest absolute Gasteiger partial charge is 0.481 e. The fourth-order valence-corrected chi connectivity index (χ4v) is 2.16. The van der Waals surface area contributed by atoms with Crippen LogP contribution in [-0.2, 0) is 19.2 Å². The molecule has 0 radical (unpaired) electrons. The molecule has 1 fully saturated rings. The molecule has 0 heterocycles. The van der Waals surface area contributed by atoms with E-state index in [4.69, 9.17) is 10.8 Å². The third kappa shape index (κ3) is 2.26. The Morgan fingerprint density at radius 3 is 1.81 bits per heavy atom. The molecular formula is C10H13NO5. The first-order valence-corrected chi connectivity index (χ1v) is 4.94. The predicted octanol–water partition coefficient (Wildman–Crippen LogP) is -0.787. The Hall–Kier alpha value is -1.72. The zero-order valence-electron chi connectivity index (χ0n) is 8.54. The van der Waals surface area contributed by atoms with Crippen LogP contribution in [0, 0.1) is 23.7 Å². The SMILES string of the molecule is NC(=O)C1CC(C=O)C(C=O)CC1C(=O)O. The molecule has 88 valence electrons. The molecule has 6 nitrogen and oxygen atoms in total. The number of nitrogens with two attached hydrogens (primary N) is 1. The zero-order valence-corrected chi connectivity index (χ0v) is 8.54. The van der Waals surface area contributed by atoms with E-state index in [1.54, 1.807) is 0 Å². The van der Waals surface area contributed by atoms with Gasteiger partial charge in [0.2, 0.25) is 5.91 Å². The molecule has 4 unspecified atom stereocenters. The van der Waals surface area contributed by atoms with E-state index in [0.29, 0.717) is 12.6 Å². The van der Waals surface area contributed by atoms with E-state index in [0.717, 1.165) is 0 Å². The highest BCUT2D eigenvalue weighted by Crippen LogP contribution is 2.36. The van der Waals surface area contributed by atoms with Crippen LogP contribution in [0.5, 0.6) is 0 Å². The third-order valence-electron chi connectivity index (χ3n) is 3.12. The van der Waals surface area contributed by atoms with Crippen LogP contribution in [0.25, 0.3) is 0 Å². The number of hydrogen-bond donors (Lipinski definition) is 2. The second kappa shape index (κ2) is 4.87. The molecule has 6 heteroatoms. The number of aldehydes is 2. The van der Waals surface area contributed by atoms with E-state index in [2.05, 4.69) is 0 Å². The minimum Gasteiger partial charge on any atom is -0.481 e. The minimum absolute atomic E-state index is 0.00412. The Balaban J connectivity index is 2.93. The quantitative estimate of drug-likeness (QED) is 0.611. The summed E-state index contributed by atoms with van der Waals surface area (Å²) in [5.74, 6) is -4.96. The summed E-state index contributed by atoms with van der Waals surface area (Å²) in [7, 11) is 0. The highest BCUT2D eigenvalue weighted by atomic mass is 16.4. The number of aliphatic carboxylic acids is 1. The van der Waals surface area contributed by atoms with Crippen LogP contribution in [0.2, 0.25) is 0 Å². The number of amides is 1. The van der Waals surface area contributed by atoms with Crippen molar-refractivity contribution in [1.82, 2.24) is 0 Å². The van der Waals surface area contributed by atoms with Crippen LogP contribution in [-0.4, -0.2) is 29.6 Å². The van der Waals surface area contributed by atoms with Crippen molar-refractivity contribution in [3.63, 3.8) is 0 Å². The lowest BCUT2D eigenvalue weighted by molar-refractivity contribution is -0.151. The van der Waals surface area contributed by atoms with Gasteiger partial charge in [0.15, 0.2) is 0 Å². The zero-order chi connectivity index (χ0) is 12.3. The summed E-state index contributed by atoms with van der Waals surface area (Å²) in [5, 5.41) is 8.92. The van der Waals surface area contributed by atoms with Crippen molar-refractivity contribution in [3.8, 4) is 0 Å². The molecular weight excluding hydrogens is 214 g/mol. The Morgan fingerprint density at radius 2 is 1.50 bits per heavy atom. The number of carboxylic acid groups (broad SMARTS) is 1. The number of carboxylic acids is 1. The topological polar surface area (TPSA) is 115 Å². The van der Waals surface area contributed by atoms with Gasteiger partial charge in [-0.3, -0.25) is 9.59 Å². The normalized spacial score (nSPS) is 34.0. The maximum Gasteiger partial charge on any atom is 0.307 e. The van der Waals surface area contributed by atoms with Crippen molar-refractivity contribution >= 4 is 24.4 Å². The van der Waals surface area contributed by atoms with Crippen molar-refractivity contribution in [2.75, 3.05) is 0 Å². The summed E-state index contributed by atoms with van der Waals surface area (Å²) in [6.45, 7) is 0. The Morgan fingerprint density at radius 1 is 1.06 bits per heavy atom. The first kappa shape index (κ1) is 12.4. The van der Waals surface area contributed by atoms with Crippen LogP contribution in [0.15, 0.2) is 0 Å². The number of primary amides is 1. The second-order valence-electron chi connectivity index (χ2n) is 4.02. The van der Waals surface area contributed by atoms with Crippen LogP contribution in [0.1, 0.15) is 12.8 Å². The smallest absolute Gasteiger partial charge is 0.307 e. The lowest BCUT2D eigenvalue weighted by Gasteiger charge is -2.33. The third-order valence-corrected chi connectivity index (χ3v) is 3.12. The fraction of sp³-hybridized carbons (Fsp3) is 0.600. The Bertz CT molecular complexity index is 295. The lowest BCUT2D eigenvalue weighted by Crippen LogP contribution is -2.43. The van der Waals surface area contributed by atoms with Gasteiger partial charge in [0.1, 0.15) is 12.6 Å². The van der Waals surface area contributed by atoms with Gasteiger partial charge in [-0.05, 0) is 12.8 Å². The molecule has 4 atom stereocenters. The number of carbonyl (C=O) groups excluding carboxylic acids is 3. The van der Waals surface area contributed by atoms with Crippen molar-refractivity contribution in [2.24, 2.45) is 29.4 Å². The molecule has 0 aromatic heterocycles. The maximum atomic E-state index is 11.1. The Kier molecular flexibility index (Phi) is 3.76. The molecule has 1 saturated carbocycles. The summed E-state index contributed by atoms with van der Waals surface area (Å²) >= 11 is 0. The summed E-state index contributed by atoms with van der Waals surface area (Å²) in [6.07, 6.45) is 1.20. The van der Waals surface area contributed by atoms with Gasteiger partial charge < -0.3 is 20.4 Å². The van der Waals surface area contributed by atoms with E-state index in [1.165, 1.54) is 0 Å². The standard InChI is InChI=1S/C10H13NO5/c11-9(14)7-1-5(3-12)6(4-13)2-8(7)10(15)16/h3-8H,1-2H2,(H2,11,14)(H,15,16). The van der Waals surface area contributed by atoms with E-state index in [-0.39, 0.29) is 12.8 Å². The van der Waals surface area contributed by atoms with Gasteiger partial charge >= 0.3 is 5.97 Å². The van der Waals surface area contributed by atoms with Gasteiger partial charge in [0.05, 0.1) is 11.8 Å². The van der Waals surface area contributed by atoms with Gasteiger partial charge in [0.25, 0.3) is 0 Å². The summed E-state index contributed by atoms with van der Waals surface area (Å²) < 4.78 is 0. The van der Waals surface area contributed by atoms with E-state index in [9.17, 15) is 19.2 Å². The van der Waals surface area contributed by atoms with Crippen LogP contribution < -0.4 is 5.73 Å². The van der Waals surface area contributed by atoms with E-state index >= 15 is 0 Å². The summed E-state index contributed by atoms with van der Waals surface area (Å²) in [4.78, 5) is 43.4. The molecule has 1 rings (SSSR count).